The molecule has 0 atom stereocenters. The van der Waals surface area contributed by atoms with Crippen LogP contribution < -0.4 is 32.0 Å². The number of rotatable bonds is 5. The van der Waals surface area contributed by atoms with Gasteiger partial charge in [0.25, 0.3) is 0 Å². The fraction of sp³-hybridized carbons (Fsp3) is 0.111. The van der Waals surface area contributed by atoms with Crippen LogP contribution in [0, 0.1) is 0 Å². The zero-order valence-corrected chi connectivity index (χ0v) is 15.8. The Morgan fingerprint density at radius 1 is 1.12 bits per heavy atom. The van der Waals surface area contributed by atoms with E-state index in [1.54, 1.807) is 13.3 Å². The maximum absolute atomic E-state index is 12.1. The number of benzene rings is 2. The molecule has 130 valence electrons. The molecule has 1 aromatic heterocycles. The number of hydrogen-bond acceptors (Lipinski definition) is 4. The number of nitrogens with one attached hydrogen (secondary N) is 1. The van der Waals surface area contributed by atoms with Crippen molar-refractivity contribution in [2.75, 3.05) is 12.5 Å². The zero-order valence-electron chi connectivity index (χ0n) is 13.4. The summed E-state index contributed by atoms with van der Waals surface area (Å²) in [4.78, 5) is 24.7. The Labute approximate surface area is 159 Å². The van der Waals surface area contributed by atoms with Crippen molar-refractivity contribution in [2.45, 2.75) is 6.42 Å². The van der Waals surface area contributed by atoms with Crippen molar-refractivity contribution in [2.24, 2.45) is 0 Å². The molecule has 0 saturated carbocycles. The number of carbonyl (C=O) groups is 1. The maximum atomic E-state index is 12.1. The number of carbonyl (C=O) groups excluding carboxylic acids is 1. The topological polar surface area (TPSA) is 60.3 Å². The van der Waals surface area contributed by atoms with E-state index in [0.717, 1.165) is 33.1 Å². The van der Waals surface area contributed by atoms with Crippen LogP contribution in [0.5, 0.6) is 5.75 Å². The average Bonchev–Trinajstić information content (AvgIpc) is 2.96. The van der Waals surface area contributed by atoms with Crippen LogP contribution in [0.3, 0.4) is 0 Å². The van der Waals surface area contributed by atoms with Gasteiger partial charge in [-0.2, -0.15) is 0 Å². The molecule has 1 heterocycles. The SMILES string of the molecule is COc1ccc(-c2cn(NC(=O)Cc3ccccc3)c(=O)s2)cc1.[Br-]. The Kier molecular flexibility index (Phi) is 6.55. The van der Waals surface area contributed by atoms with Crippen LogP contribution in [-0.4, -0.2) is 17.7 Å². The highest BCUT2D eigenvalue weighted by atomic mass is 79.9. The molecular formula is C18H16BrN2O3S-. The number of nitrogens with zero attached hydrogens (tertiary/aromatic N) is 1. The second kappa shape index (κ2) is 8.64. The molecule has 3 aromatic rings. The van der Waals surface area contributed by atoms with Crippen molar-refractivity contribution in [3.05, 3.63) is 76.0 Å². The van der Waals surface area contributed by atoms with Gasteiger partial charge < -0.3 is 21.7 Å². The lowest BCUT2D eigenvalue weighted by Crippen LogP contribution is -3.00. The number of halogens is 1. The normalized spacial score (nSPS) is 9.96. The van der Waals surface area contributed by atoms with Gasteiger partial charge in [0.2, 0.25) is 5.91 Å². The van der Waals surface area contributed by atoms with E-state index in [9.17, 15) is 9.59 Å². The maximum Gasteiger partial charge on any atom is 0.326 e. The van der Waals surface area contributed by atoms with E-state index in [2.05, 4.69) is 5.43 Å². The van der Waals surface area contributed by atoms with E-state index in [1.165, 1.54) is 4.68 Å². The highest BCUT2D eigenvalue weighted by Gasteiger charge is 2.10. The molecule has 0 fully saturated rings. The minimum Gasteiger partial charge on any atom is -1.00 e. The first-order chi connectivity index (χ1) is 11.7. The van der Waals surface area contributed by atoms with Crippen molar-refractivity contribution in [1.82, 2.24) is 4.68 Å². The molecule has 25 heavy (non-hydrogen) atoms. The first-order valence-electron chi connectivity index (χ1n) is 7.36. The predicted molar refractivity (Wildman–Crippen MR) is 95.1 cm³/mol. The van der Waals surface area contributed by atoms with Gasteiger partial charge in [0, 0.05) is 6.20 Å². The van der Waals surface area contributed by atoms with Crippen LogP contribution in [0.2, 0.25) is 0 Å². The van der Waals surface area contributed by atoms with Crippen LogP contribution in [-0.2, 0) is 11.2 Å². The summed E-state index contributed by atoms with van der Waals surface area (Å²) >= 11 is 1.08. The minimum absolute atomic E-state index is 0. The summed E-state index contributed by atoms with van der Waals surface area (Å²) in [5, 5.41) is 0. The number of ether oxygens (including phenoxy) is 1. The standard InChI is InChI=1S/C18H16N2O3S.BrH/c1-23-15-9-7-14(8-10-15)16-12-20(18(22)24-16)19-17(21)11-13-5-3-2-4-6-13;/h2-10,12H,11H2,1H3,(H,19,21);1H/p-1. The monoisotopic (exact) mass is 419 g/mol. The Bertz CT molecular complexity index is 889. The van der Waals surface area contributed by atoms with Gasteiger partial charge in [-0.1, -0.05) is 41.7 Å². The molecule has 5 nitrogen and oxygen atoms in total. The largest absolute Gasteiger partial charge is 1.00 e. The Morgan fingerprint density at radius 2 is 1.80 bits per heavy atom. The smallest absolute Gasteiger partial charge is 0.326 e. The van der Waals surface area contributed by atoms with Gasteiger partial charge in [0.15, 0.2) is 0 Å². The van der Waals surface area contributed by atoms with E-state index in [1.807, 2.05) is 54.6 Å². The average molecular weight is 420 g/mol. The van der Waals surface area contributed by atoms with Crippen LogP contribution in [0.15, 0.2) is 65.6 Å². The third kappa shape index (κ3) is 4.80. The van der Waals surface area contributed by atoms with Gasteiger partial charge in [-0.05, 0) is 35.4 Å². The zero-order chi connectivity index (χ0) is 16.9. The third-order valence-electron chi connectivity index (χ3n) is 3.47. The summed E-state index contributed by atoms with van der Waals surface area (Å²) < 4.78 is 6.35. The van der Waals surface area contributed by atoms with Crippen LogP contribution in [0.1, 0.15) is 5.56 Å². The number of aromatic nitrogens is 1. The van der Waals surface area contributed by atoms with Crippen LogP contribution in [0.4, 0.5) is 0 Å². The van der Waals surface area contributed by atoms with Gasteiger partial charge in [-0.25, -0.2) is 4.68 Å². The van der Waals surface area contributed by atoms with E-state index in [0.29, 0.717) is 0 Å². The molecule has 3 rings (SSSR count). The molecule has 1 amide bonds. The fourth-order valence-electron chi connectivity index (χ4n) is 2.26. The first-order valence-corrected chi connectivity index (χ1v) is 8.18. The van der Waals surface area contributed by atoms with E-state index >= 15 is 0 Å². The molecule has 0 aliphatic heterocycles. The molecule has 0 radical (unpaired) electrons. The van der Waals surface area contributed by atoms with E-state index < -0.39 is 0 Å². The van der Waals surface area contributed by atoms with Gasteiger partial charge in [0.1, 0.15) is 5.75 Å². The Hall–Kier alpha value is -2.38. The number of hydrogen-bond donors (Lipinski definition) is 1. The molecular weight excluding hydrogens is 404 g/mol. The second-order valence-electron chi connectivity index (χ2n) is 5.16. The summed E-state index contributed by atoms with van der Waals surface area (Å²) in [7, 11) is 1.60. The minimum atomic E-state index is -0.234. The Balaban J connectivity index is 0.00000225. The number of amides is 1. The summed E-state index contributed by atoms with van der Waals surface area (Å²) in [6.45, 7) is 0. The molecule has 7 heteroatoms. The fourth-order valence-corrected chi connectivity index (χ4v) is 3.06. The first kappa shape index (κ1) is 19.0. The molecule has 1 N–H and O–H groups in total. The van der Waals surface area contributed by atoms with Crippen LogP contribution in [0.25, 0.3) is 10.4 Å². The van der Waals surface area contributed by atoms with E-state index in [-0.39, 0.29) is 34.2 Å². The molecule has 0 saturated heterocycles. The summed E-state index contributed by atoms with van der Waals surface area (Å²) in [5.74, 6) is 0.518. The molecule has 0 unspecified atom stereocenters. The number of methoxy groups -OCH3 is 1. The van der Waals surface area contributed by atoms with Gasteiger partial charge >= 0.3 is 4.87 Å². The molecule has 0 bridgehead atoms. The molecule has 0 aliphatic carbocycles. The summed E-state index contributed by atoms with van der Waals surface area (Å²) in [6.07, 6.45) is 1.86. The summed E-state index contributed by atoms with van der Waals surface area (Å²) in [6, 6.07) is 16.8. The third-order valence-corrected chi connectivity index (χ3v) is 4.40. The van der Waals surface area contributed by atoms with Crippen molar-refractivity contribution in [3.63, 3.8) is 0 Å². The highest BCUT2D eigenvalue weighted by molar-refractivity contribution is 7.12. The quantitative estimate of drug-likeness (QED) is 0.628. The van der Waals surface area contributed by atoms with Crippen molar-refractivity contribution in [3.8, 4) is 16.2 Å². The van der Waals surface area contributed by atoms with Gasteiger partial charge in [0.05, 0.1) is 18.4 Å². The molecule has 0 aliphatic rings. The van der Waals surface area contributed by atoms with Crippen LogP contribution >= 0.6 is 11.3 Å². The lowest BCUT2D eigenvalue weighted by atomic mass is 10.1. The van der Waals surface area contributed by atoms with Crippen molar-refractivity contribution < 1.29 is 26.5 Å². The van der Waals surface area contributed by atoms with Gasteiger partial charge in [-0.15, -0.1) is 0 Å². The van der Waals surface area contributed by atoms with Crippen molar-refractivity contribution >= 4 is 17.2 Å². The molecule has 2 aromatic carbocycles. The predicted octanol–water partition coefficient (Wildman–Crippen LogP) is -0.0978. The number of thiazole rings is 1. The Morgan fingerprint density at radius 3 is 2.44 bits per heavy atom. The van der Waals surface area contributed by atoms with E-state index in [4.69, 9.17) is 4.74 Å². The lowest BCUT2D eigenvalue weighted by molar-refractivity contribution is -0.116. The molecule has 0 spiro atoms. The highest BCUT2D eigenvalue weighted by Crippen LogP contribution is 2.24. The lowest BCUT2D eigenvalue weighted by Gasteiger charge is -2.05. The second-order valence-corrected chi connectivity index (χ2v) is 6.15. The van der Waals surface area contributed by atoms with Crippen molar-refractivity contribution in [1.29, 1.82) is 0 Å². The summed E-state index contributed by atoms with van der Waals surface area (Å²) in [5.41, 5.74) is 4.42. The van der Waals surface area contributed by atoms with Gasteiger partial charge in [-0.3, -0.25) is 15.0 Å².